The SMILES string of the molecule is CCOC(=O)c1sc2nc(Cl)nc(N(C)C3CCCCC3)c2c1C. The molecule has 0 aromatic carbocycles. The number of hydrogen-bond donors (Lipinski definition) is 0. The molecule has 130 valence electrons. The average molecular weight is 368 g/mol. The van der Waals surface area contributed by atoms with Gasteiger partial charge in [-0.15, -0.1) is 11.3 Å². The molecule has 0 amide bonds. The van der Waals surface area contributed by atoms with E-state index in [1.165, 1.54) is 30.6 Å². The molecule has 24 heavy (non-hydrogen) atoms. The number of hydrogen-bond acceptors (Lipinski definition) is 6. The molecule has 1 saturated carbocycles. The fourth-order valence-corrected chi connectivity index (χ4v) is 4.66. The van der Waals surface area contributed by atoms with Crippen molar-refractivity contribution in [2.75, 3.05) is 18.6 Å². The zero-order valence-electron chi connectivity index (χ0n) is 14.3. The van der Waals surface area contributed by atoms with E-state index in [0.29, 0.717) is 17.5 Å². The van der Waals surface area contributed by atoms with Crippen molar-refractivity contribution >= 4 is 44.9 Å². The predicted octanol–water partition coefficient (Wildman–Crippen LogP) is 4.60. The number of thiophene rings is 1. The van der Waals surface area contributed by atoms with Gasteiger partial charge < -0.3 is 9.64 Å². The molecule has 0 bridgehead atoms. The number of nitrogens with zero attached hydrogens (tertiary/aromatic N) is 3. The molecule has 0 unspecified atom stereocenters. The van der Waals surface area contributed by atoms with Crippen LogP contribution in [0.25, 0.3) is 10.2 Å². The molecule has 0 atom stereocenters. The van der Waals surface area contributed by atoms with Crippen molar-refractivity contribution in [3.8, 4) is 0 Å². The average Bonchev–Trinajstić information content (AvgIpc) is 2.91. The minimum Gasteiger partial charge on any atom is -0.462 e. The van der Waals surface area contributed by atoms with E-state index in [9.17, 15) is 4.79 Å². The van der Waals surface area contributed by atoms with Crippen LogP contribution in [0.1, 0.15) is 54.3 Å². The van der Waals surface area contributed by atoms with E-state index < -0.39 is 0 Å². The molecule has 0 spiro atoms. The fourth-order valence-electron chi connectivity index (χ4n) is 3.38. The second kappa shape index (κ2) is 7.23. The van der Waals surface area contributed by atoms with Crippen LogP contribution in [0, 0.1) is 6.92 Å². The van der Waals surface area contributed by atoms with Crippen LogP contribution < -0.4 is 4.90 Å². The quantitative estimate of drug-likeness (QED) is 0.584. The van der Waals surface area contributed by atoms with Crippen molar-refractivity contribution in [1.82, 2.24) is 9.97 Å². The number of halogens is 1. The summed E-state index contributed by atoms with van der Waals surface area (Å²) >= 11 is 7.48. The molecular weight excluding hydrogens is 346 g/mol. The Labute approximate surface area is 151 Å². The molecule has 2 aromatic rings. The number of anilines is 1. The summed E-state index contributed by atoms with van der Waals surface area (Å²) in [7, 11) is 2.06. The number of carbonyl (C=O) groups excluding carboxylic acids is 1. The van der Waals surface area contributed by atoms with Crippen LogP contribution in [0.3, 0.4) is 0 Å². The van der Waals surface area contributed by atoms with Crippen LogP contribution >= 0.6 is 22.9 Å². The number of rotatable bonds is 4. The predicted molar refractivity (Wildman–Crippen MR) is 98.4 cm³/mol. The summed E-state index contributed by atoms with van der Waals surface area (Å²) in [5.41, 5.74) is 0.878. The van der Waals surface area contributed by atoms with Crippen molar-refractivity contribution in [3.05, 3.63) is 15.7 Å². The Morgan fingerprint density at radius 3 is 2.71 bits per heavy atom. The molecule has 2 aromatic heterocycles. The summed E-state index contributed by atoms with van der Waals surface area (Å²) in [5, 5.41) is 1.14. The van der Waals surface area contributed by atoms with Crippen LogP contribution in [-0.4, -0.2) is 35.6 Å². The monoisotopic (exact) mass is 367 g/mol. The molecule has 0 aliphatic heterocycles. The lowest BCUT2D eigenvalue weighted by molar-refractivity contribution is 0.0531. The van der Waals surface area contributed by atoms with E-state index in [1.807, 2.05) is 6.92 Å². The Kier molecular flexibility index (Phi) is 5.25. The van der Waals surface area contributed by atoms with Gasteiger partial charge in [0, 0.05) is 13.1 Å². The Morgan fingerprint density at radius 2 is 2.04 bits per heavy atom. The maximum atomic E-state index is 12.2. The fraction of sp³-hybridized carbons (Fsp3) is 0.588. The van der Waals surface area contributed by atoms with E-state index in [1.54, 1.807) is 6.92 Å². The first kappa shape index (κ1) is 17.4. The maximum Gasteiger partial charge on any atom is 0.348 e. The Morgan fingerprint density at radius 1 is 1.33 bits per heavy atom. The summed E-state index contributed by atoms with van der Waals surface area (Å²) in [5.74, 6) is 0.515. The van der Waals surface area contributed by atoms with Crippen molar-refractivity contribution in [1.29, 1.82) is 0 Å². The smallest absolute Gasteiger partial charge is 0.348 e. The minimum atomic E-state index is -0.305. The third-order valence-corrected chi connectivity index (χ3v) is 6.00. The Balaban J connectivity index is 2.08. The molecule has 1 aliphatic carbocycles. The van der Waals surface area contributed by atoms with Gasteiger partial charge in [0.25, 0.3) is 0 Å². The lowest BCUT2D eigenvalue weighted by atomic mass is 9.94. The molecule has 3 rings (SSSR count). The standard InChI is InChI=1S/C17H22ClN3O2S/c1-4-23-16(22)13-10(2)12-14(19-17(18)20-15(12)24-13)21(3)11-8-6-5-7-9-11/h11H,4-9H2,1-3H3. The molecule has 2 heterocycles. The summed E-state index contributed by atoms with van der Waals surface area (Å²) in [6.07, 6.45) is 6.11. The molecule has 0 radical (unpaired) electrons. The number of aromatic nitrogens is 2. The van der Waals surface area contributed by atoms with Crippen LogP contribution in [0.2, 0.25) is 5.28 Å². The van der Waals surface area contributed by atoms with E-state index in [0.717, 1.165) is 34.4 Å². The largest absolute Gasteiger partial charge is 0.462 e. The van der Waals surface area contributed by atoms with Crippen molar-refractivity contribution < 1.29 is 9.53 Å². The number of ether oxygens (including phenoxy) is 1. The highest BCUT2D eigenvalue weighted by molar-refractivity contribution is 7.20. The van der Waals surface area contributed by atoms with Gasteiger partial charge in [0.1, 0.15) is 15.5 Å². The van der Waals surface area contributed by atoms with Gasteiger partial charge in [-0.25, -0.2) is 9.78 Å². The summed E-state index contributed by atoms with van der Waals surface area (Å²) in [6, 6.07) is 0.457. The van der Waals surface area contributed by atoms with Crippen molar-refractivity contribution in [2.45, 2.75) is 52.0 Å². The first-order chi connectivity index (χ1) is 11.5. The Hall–Kier alpha value is -1.40. The third kappa shape index (κ3) is 3.22. The lowest BCUT2D eigenvalue weighted by Crippen LogP contribution is -2.34. The number of carbonyl (C=O) groups is 1. The Bertz CT molecular complexity index is 756. The van der Waals surface area contributed by atoms with Crippen molar-refractivity contribution in [2.24, 2.45) is 0 Å². The third-order valence-electron chi connectivity index (χ3n) is 4.66. The van der Waals surface area contributed by atoms with Crippen LogP contribution in [0.15, 0.2) is 0 Å². The maximum absolute atomic E-state index is 12.2. The first-order valence-corrected chi connectivity index (χ1v) is 9.59. The molecule has 1 fully saturated rings. The highest BCUT2D eigenvalue weighted by atomic mass is 35.5. The molecule has 1 aliphatic rings. The van der Waals surface area contributed by atoms with Gasteiger partial charge in [-0.2, -0.15) is 4.98 Å². The van der Waals surface area contributed by atoms with Gasteiger partial charge in [-0.1, -0.05) is 19.3 Å². The highest BCUT2D eigenvalue weighted by Crippen LogP contribution is 2.38. The molecular formula is C17H22ClN3O2S. The van der Waals surface area contributed by atoms with Gasteiger partial charge in [-0.3, -0.25) is 0 Å². The first-order valence-electron chi connectivity index (χ1n) is 8.39. The molecule has 5 nitrogen and oxygen atoms in total. The van der Waals surface area contributed by atoms with E-state index in [-0.39, 0.29) is 11.3 Å². The summed E-state index contributed by atoms with van der Waals surface area (Å²) < 4.78 is 5.16. The summed E-state index contributed by atoms with van der Waals surface area (Å²) in [4.78, 5) is 24.6. The summed E-state index contributed by atoms with van der Waals surface area (Å²) in [6.45, 7) is 4.09. The molecule has 7 heteroatoms. The minimum absolute atomic E-state index is 0.219. The van der Waals surface area contributed by atoms with E-state index >= 15 is 0 Å². The highest BCUT2D eigenvalue weighted by Gasteiger charge is 2.26. The van der Waals surface area contributed by atoms with Gasteiger partial charge in [0.05, 0.1) is 12.0 Å². The zero-order valence-corrected chi connectivity index (χ0v) is 15.8. The topological polar surface area (TPSA) is 55.3 Å². The molecule has 0 saturated heterocycles. The van der Waals surface area contributed by atoms with Gasteiger partial charge in [-0.05, 0) is 43.9 Å². The van der Waals surface area contributed by atoms with Gasteiger partial charge >= 0.3 is 5.97 Å². The van der Waals surface area contributed by atoms with Gasteiger partial charge in [0.2, 0.25) is 5.28 Å². The number of fused-ring (bicyclic) bond motifs is 1. The second-order valence-electron chi connectivity index (χ2n) is 6.18. The molecule has 0 N–H and O–H groups in total. The van der Waals surface area contributed by atoms with Crippen molar-refractivity contribution in [3.63, 3.8) is 0 Å². The normalized spacial score (nSPS) is 15.7. The zero-order chi connectivity index (χ0) is 17.3. The second-order valence-corrected chi connectivity index (χ2v) is 7.51. The van der Waals surface area contributed by atoms with E-state index in [4.69, 9.17) is 16.3 Å². The number of aryl methyl sites for hydroxylation is 1. The lowest BCUT2D eigenvalue weighted by Gasteiger charge is -2.32. The van der Waals surface area contributed by atoms with Gasteiger partial charge in [0.15, 0.2) is 0 Å². The number of esters is 1. The van der Waals surface area contributed by atoms with Crippen LogP contribution in [0.5, 0.6) is 0 Å². The van der Waals surface area contributed by atoms with Crippen LogP contribution in [-0.2, 0) is 4.74 Å². The van der Waals surface area contributed by atoms with Crippen LogP contribution in [0.4, 0.5) is 5.82 Å². The van der Waals surface area contributed by atoms with E-state index in [2.05, 4.69) is 21.9 Å².